The summed E-state index contributed by atoms with van der Waals surface area (Å²) < 4.78 is 38.7. The molecule has 0 amide bonds. The first-order valence-corrected chi connectivity index (χ1v) is 7.25. The summed E-state index contributed by atoms with van der Waals surface area (Å²) in [6.45, 7) is 1.75. The summed E-state index contributed by atoms with van der Waals surface area (Å²) in [5, 5.41) is 3.30. The second-order valence-corrected chi connectivity index (χ2v) is 5.41. The molecule has 0 saturated carbocycles. The number of benzene rings is 1. The summed E-state index contributed by atoms with van der Waals surface area (Å²) in [4.78, 5) is 8.68. The summed E-state index contributed by atoms with van der Waals surface area (Å²) in [7, 11) is 0. The topological polar surface area (TPSA) is 37.8 Å². The molecule has 0 spiro atoms. The molecule has 1 aliphatic heterocycles. The molecule has 1 fully saturated rings. The van der Waals surface area contributed by atoms with Gasteiger partial charge in [0.2, 0.25) is 0 Å². The Hall–Kier alpha value is -1.95. The van der Waals surface area contributed by atoms with Crippen molar-refractivity contribution in [2.75, 3.05) is 13.1 Å². The molecule has 2 aromatic rings. The minimum Gasteiger partial charge on any atom is -0.316 e. The third-order valence-electron chi connectivity index (χ3n) is 3.87. The van der Waals surface area contributed by atoms with E-state index in [0.29, 0.717) is 11.3 Å². The van der Waals surface area contributed by atoms with E-state index in [1.54, 1.807) is 12.3 Å². The SMILES string of the molecule is FC(F)(F)c1cccc(-c2nccnc2[C@H]2CCCNC2)c1. The number of aromatic nitrogens is 2. The molecule has 22 heavy (non-hydrogen) atoms. The van der Waals surface area contributed by atoms with Gasteiger partial charge in [0.25, 0.3) is 0 Å². The number of nitrogens with one attached hydrogen (secondary N) is 1. The number of piperidine rings is 1. The zero-order valence-electron chi connectivity index (χ0n) is 11.9. The lowest BCUT2D eigenvalue weighted by atomic mass is 9.92. The average Bonchev–Trinajstić information content (AvgIpc) is 2.55. The highest BCUT2D eigenvalue weighted by molar-refractivity contribution is 5.63. The standard InChI is InChI=1S/C16H16F3N3/c17-16(18,19)13-5-1-3-11(9-13)14-15(22-8-7-21-14)12-4-2-6-20-10-12/h1,3,5,7-9,12,20H,2,4,6,10H2/t12-/m0/s1. The predicted molar refractivity (Wildman–Crippen MR) is 77.3 cm³/mol. The fourth-order valence-corrected chi connectivity index (χ4v) is 2.80. The molecule has 0 aliphatic carbocycles. The first-order valence-electron chi connectivity index (χ1n) is 7.25. The number of alkyl halides is 3. The highest BCUT2D eigenvalue weighted by Crippen LogP contribution is 2.34. The Bertz CT molecular complexity index is 649. The molecule has 3 nitrogen and oxygen atoms in total. The van der Waals surface area contributed by atoms with E-state index in [0.717, 1.165) is 43.8 Å². The normalized spacial score (nSPS) is 19.1. The van der Waals surface area contributed by atoms with Gasteiger partial charge in [-0.1, -0.05) is 12.1 Å². The molecule has 1 aromatic carbocycles. The Morgan fingerprint density at radius 3 is 2.68 bits per heavy atom. The molecule has 6 heteroatoms. The van der Waals surface area contributed by atoms with Crippen molar-refractivity contribution in [3.8, 4) is 11.3 Å². The summed E-state index contributed by atoms with van der Waals surface area (Å²) >= 11 is 0. The first-order chi connectivity index (χ1) is 10.6. The first kappa shape index (κ1) is 15.0. The third-order valence-corrected chi connectivity index (χ3v) is 3.87. The van der Waals surface area contributed by atoms with Gasteiger partial charge in [0, 0.05) is 30.4 Å². The third kappa shape index (κ3) is 3.11. The van der Waals surface area contributed by atoms with E-state index >= 15 is 0 Å². The smallest absolute Gasteiger partial charge is 0.316 e. The zero-order chi connectivity index (χ0) is 15.6. The van der Waals surface area contributed by atoms with Crippen LogP contribution >= 0.6 is 0 Å². The van der Waals surface area contributed by atoms with Crippen molar-refractivity contribution in [2.24, 2.45) is 0 Å². The molecule has 116 valence electrons. The van der Waals surface area contributed by atoms with Crippen LogP contribution in [0.5, 0.6) is 0 Å². The van der Waals surface area contributed by atoms with Crippen LogP contribution in [0.15, 0.2) is 36.7 Å². The molecule has 0 bridgehead atoms. The zero-order valence-corrected chi connectivity index (χ0v) is 11.9. The lowest BCUT2D eigenvalue weighted by Gasteiger charge is -2.23. The van der Waals surface area contributed by atoms with Gasteiger partial charge >= 0.3 is 6.18 Å². The molecule has 0 radical (unpaired) electrons. The number of hydrogen-bond donors (Lipinski definition) is 1. The summed E-state index contributed by atoms with van der Waals surface area (Å²) in [6.07, 6.45) is 0.766. The van der Waals surface area contributed by atoms with Gasteiger partial charge in [0.1, 0.15) is 0 Å². The van der Waals surface area contributed by atoms with Gasteiger partial charge in [-0.3, -0.25) is 9.97 Å². The van der Waals surface area contributed by atoms with E-state index in [4.69, 9.17) is 0 Å². The second kappa shape index (κ2) is 6.04. The van der Waals surface area contributed by atoms with Crippen LogP contribution in [0.25, 0.3) is 11.3 Å². The van der Waals surface area contributed by atoms with E-state index < -0.39 is 11.7 Å². The molecule has 3 rings (SSSR count). The largest absolute Gasteiger partial charge is 0.416 e. The minimum atomic E-state index is -4.36. The molecular formula is C16H16F3N3. The number of nitrogens with zero attached hydrogens (tertiary/aromatic N) is 2. The number of halogens is 3. The molecule has 2 heterocycles. The van der Waals surface area contributed by atoms with E-state index in [-0.39, 0.29) is 5.92 Å². The van der Waals surface area contributed by atoms with Crippen molar-refractivity contribution in [2.45, 2.75) is 24.9 Å². The summed E-state index contributed by atoms with van der Waals surface area (Å²) in [5.74, 6) is 0.187. The molecule has 1 aromatic heterocycles. The van der Waals surface area contributed by atoms with Crippen LogP contribution in [0, 0.1) is 0 Å². The van der Waals surface area contributed by atoms with Crippen molar-refractivity contribution in [1.29, 1.82) is 0 Å². The lowest BCUT2D eigenvalue weighted by Crippen LogP contribution is -2.29. The highest BCUT2D eigenvalue weighted by Gasteiger charge is 2.31. The van der Waals surface area contributed by atoms with Crippen molar-refractivity contribution in [3.05, 3.63) is 47.9 Å². The van der Waals surface area contributed by atoms with Gasteiger partial charge in [0.15, 0.2) is 0 Å². The van der Waals surface area contributed by atoms with Gasteiger partial charge in [-0.05, 0) is 31.5 Å². The minimum absolute atomic E-state index is 0.187. The maximum Gasteiger partial charge on any atom is 0.416 e. The molecule has 1 N–H and O–H groups in total. The molecule has 1 saturated heterocycles. The predicted octanol–water partition coefficient (Wildman–Crippen LogP) is 3.63. The quantitative estimate of drug-likeness (QED) is 0.920. The summed E-state index contributed by atoms with van der Waals surface area (Å²) in [6, 6.07) is 5.28. The van der Waals surface area contributed by atoms with Crippen LogP contribution in [-0.4, -0.2) is 23.1 Å². The van der Waals surface area contributed by atoms with E-state index in [1.807, 2.05) is 0 Å². The average molecular weight is 307 g/mol. The number of hydrogen-bond acceptors (Lipinski definition) is 3. The van der Waals surface area contributed by atoms with E-state index in [1.165, 1.54) is 12.3 Å². The Morgan fingerprint density at radius 2 is 1.95 bits per heavy atom. The van der Waals surface area contributed by atoms with Crippen LogP contribution in [0.1, 0.15) is 30.0 Å². The molecule has 0 unspecified atom stereocenters. The van der Waals surface area contributed by atoms with Gasteiger partial charge < -0.3 is 5.32 Å². The lowest BCUT2D eigenvalue weighted by molar-refractivity contribution is -0.137. The Balaban J connectivity index is 2.01. The van der Waals surface area contributed by atoms with Crippen LogP contribution in [0.4, 0.5) is 13.2 Å². The van der Waals surface area contributed by atoms with Crippen LogP contribution in [-0.2, 0) is 6.18 Å². The second-order valence-electron chi connectivity index (χ2n) is 5.41. The number of rotatable bonds is 2. The van der Waals surface area contributed by atoms with Gasteiger partial charge in [0.05, 0.1) is 17.0 Å². The van der Waals surface area contributed by atoms with Crippen molar-refractivity contribution < 1.29 is 13.2 Å². The maximum absolute atomic E-state index is 12.9. The van der Waals surface area contributed by atoms with Crippen LogP contribution in [0.2, 0.25) is 0 Å². The fourth-order valence-electron chi connectivity index (χ4n) is 2.80. The van der Waals surface area contributed by atoms with Gasteiger partial charge in [-0.2, -0.15) is 13.2 Å². The van der Waals surface area contributed by atoms with Crippen molar-refractivity contribution >= 4 is 0 Å². The van der Waals surface area contributed by atoms with Crippen molar-refractivity contribution in [3.63, 3.8) is 0 Å². The van der Waals surface area contributed by atoms with Gasteiger partial charge in [-0.15, -0.1) is 0 Å². The van der Waals surface area contributed by atoms with Gasteiger partial charge in [-0.25, -0.2) is 0 Å². The monoisotopic (exact) mass is 307 g/mol. The highest BCUT2D eigenvalue weighted by atomic mass is 19.4. The molecular weight excluding hydrogens is 291 g/mol. The maximum atomic E-state index is 12.9. The Labute approximate surface area is 126 Å². The van der Waals surface area contributed by atoms with Crippen LogP contribution < -0.4 is 5.32 Å². The summed E-state index contributed by atoms with van der Waals surface area (Å²) in [5.41, 5.74) is 1.11. The van der Waals surface area contributed by atoms with E-state index in [2.05, 4.69) is 15.3 Å². The van der Waals surface area contributed by atoms with Crippen LogP contribution in [0.3, 0.4) is 0 Å². The molecule has 1 atom stereocenters. The van der Waals surface area contributed by atoms with E-state index in [9.17, 15) is 13.2 Å². The Morgan fingerprint density at radius 1 is 1.14 bits per heavy atom. The fraction of sp³-hybridized carbons (Fsp3) is 0.375. The molecule has 1 aliphatic rings. The van der Waals surface area contributed by atoms with Crippen molar-refractivity contribution in [1.82, 2.24) is 15.3 Å². The Kier molecular flexibility index (Phi) is 4.11.